The summed E-state index contributed by atoms with van der Waals surface area (Å²) in [4.78, 5) is 11.1. The number of rotatable bonds is 4. The molecule has 0 aromatic carbocycles. The molecular weight excluding hydrogens is 236 g/mol. The van der Waals surface area contributed by atoms with Crippen molar-refractivity contribution in [1.82, 2.24) is 10.6 Å². The molecule has 3 heteroatoms. The van der Waals surface area contributed by atoms with Crippen molar-refractivity contribution in [3.05, 3.63) is 0 Å². The highest BCUT2D eigenvalue weighted by Gasteiger charge is 2.29. The standard InChI is InChI=1S/C16H30N2O/c1-16(2,3)13-6-4-12(5-7-13)10-17-11-14-8-9-15(19)18-14/h12-14,17H,4-11H2,1-3H3,(H,18,19). The van der Waals surface area contributed by atoms with Crippen LogP contribution < -0.4 is 10.6 Å². The minimum Gasteiger partial charge on any atom is -0.352 e. The zero-order chi connectivity index (χ0) is 13.9. The second-order valence-corrected chi connectivity index (χ2v) is 7.55. The fraction of sp³-hybridized carbons (Fsp3) is 0.938. The summed E-state index contributed by atoms with van der Waals surface area (Å²) < 4.78 is 0. The highest BCUT2D eigenvalue weighted by molar-refractivity contribution is 5.78. The molecule has 1 atom stereocenters. The van der Waals surface area contributed by atoms with Crippen molar-refractivity contribution in [3.63, 3.8) is 0 Å². The maximum atomic E-state index is 11.1. The molecule has 2 fully saturated rings. The van der Waals surface area contributed by atoms with Gasteiger partial charge in [0.2, 0.25) is 5.91 Å². The van der Waals surface area contributed by atoms with Gasteiger partial charge in [-0.05, 0) is 55.9 Å². The van der Waals surface area contributed by atoms with E-state index in [0.717, 1.165) is 31.3 Å². The third-order valence-corrected chi connectivity index (χ3v) is 4.98. The fourth-order valence-corrected chi connectivity index (χ4v) is 3.52. The van der Waals surface area contributed by atoms with E-state index in [-0.39, 0.29) is 5.91 Å². The van der Waals surface area contributed by atoms with E-state index in [4.69, 9.17) is 0 Å². The minimum atomic E-state index is 0.220. The Balaban J connectivity index is 1.60. The van der Waals surface area contributed by atoms with Crippen molar-refractivity contribution in [1.29, 1.82) is 0 Å². The first-order valence-corrected chi connectivity index (χ1v) is 7.95. The summed E-state index contributed by atoms with van der Waals surface area (Å²) in [6.07, 6.45) is 7.22. The number of hydrogen-bond acceptors (Lipinski definition) is 2. The normalized spacial score (nSPS) is 32.4. The first kappa shape index (κ1) is 14.8. The molecule has 2 rings (SSSR count). The molecule has 1 heterocycles. The van der Waals surface area contributed by atoms with Gasteiger partial charge in [-0.3, -0.25) is 4.79 Å². The summed E-state index contributed by atoms with van der Waals surface area (Å²) in [5.41, 5.74) is 0.479. The molecule has 19 heavy (non-hydrogen) atoms. The lowest BCUT2D eigenvalue weighted by atomic mass is 9.70. The monoisotopic (exact) mass is 266 g/mol. The molecule has 1 amide bonds. The molecule has 2 N–H and O–H groups in total. The van der Waals surface area contributed by atoms with E-state index < -0.39 is 0 Å². The van der Waals surface area contributed by atoms with Gasteiger partial charge in [0.05, 0.1) is 0 Å². The van der Waals surface area contributed by atoms with Crippen LogP contribution in [-0.4, -0.2) is 25.0 Å². The lowest BCUT2D eigenvalue weighted by Gasteiger charge is -2.37. The first-order chi connectivity index (χ1) is 8.95. The predicted molar refractivity (Wildman–Crippen MR) is 78.9 cm³/mol. The summed E-state index contributed by atoms with van der Waals surface area (Å²) in [5, 5.41) is 6.57. The number of nitrogens with one attached hydrogen (secondary N) is 2. The Hall–Kier alpha value is -0.570. The van der Waals surface area contributed by atoms with Crippen molar-refractivity contribution in [3.8, 4) is 0 Å². The van der Waals surface area contributed by atoms with Gasteiger partial charge < -0.3 is 10.6 Å². The van der Waals surface area contributed by atoms with E-state index >= 15 is 0 Å². The van der Waals surface area contributed by atoms with Crippen LogP contribution in [0.2, 0.25) is 0 Å². The molecule has 0 spiro atoms. The Bertz CT molecular complexity index is 300. The first-order valence-electron chi connectivity index (χ1n) is 7.95. The van der Waals surface area contributed by atoms with Crippen molar-refractivity contribution in [2.75, 3.05) is 13.1 Å². The lowest BCUT2D eigenvalue weighted by Crippen LogP contribution is -2.38. The van der Waals surface area contributed by atoms with Crippen molar-refractivity contribution < 1.29 is 4.79 Å². The van der Waals surface area contributed by atoms with Gasteiger partial charge in [-0.1, -0.05) is 20.8 Å². The molecular formula is C16H30N2O. The number of carbonyl (C=O) groups is 1. The van der Waals surface area contributed by atoms with Gasteiger partial charge in [-0.15, -0.1) is 0 Å². The second kappa shape index (κ2) is 6.25. The molecule has 1 saturated carbocycles. The number of amides is 1. The van der Waals surface area contributed by atoms with Crippen LogP contribution in [0.25, 0.3) is 0 Å². The van der Waals surface area contributed by atoms with Crippen molar-refractivity contribution in [2.45, 2.75) is 65.3 Å². The van der Waals surface area contributed by atoms with Gasteiger partial charge in [-0.2, -0.15) is 0 Å². The summed E-state index contributed by atoms with van der Waals surface area (Å²) in [6.45, 7) is 9.20. The van der Waals surface area contributed by atoms with Gasteiger partial charge >= 0.3 is 0 Å². The molecule has 110 valence electrons. The second-order valence-electron chi connectivity index (χ2n) is 7.55. The van der Waals surface area contributed by atoms with E-state index in [1.165, 1.54) is 25.7 Å². The third kappa shape index (κ3) is 4.48. The summed E-state index contributed by atoms with van der Waals surface area (Å²) in [7, 11) is 0. The molecule has 1 saturated heterocycles. The lowest BCUT2D eigenvalue weighted by molar-refractivity contribution is -0.119. The molecule has 0 aromatic heterocycles. The van der Waals surface area contributed by atoms with Gasteiger partial charge in [0.15, 0.2) is 0 Å². The fourth-order valence-electron chi connectivity index (χ4n) is 3.52. The predicted octanol–water partition coefficient (Wildman–Crippen LogP) is 2.71. The van der Waals surface area contributed by atoms with Crippen molar-refractivity contribution in [2.24, 2.45) is 17.3 Å². The topological polar surface area (TPSA) is 41.1 Å². The van der Waals surface area contributed by atoms with E-state index in [2.05, 4.69) is 31.4 Å². The van der Waals surface area contributed by atoms with E-state index in [9.17, 15) is 4.79 Å². The molecule has 2 aliphatic rings. The van der Waals surface area contributed by atoms with Crippen LogP contribution >= 0.6 is 0 Å². The summed E-state index contributed by atoms with van der Waals surface area (Å²) >= 11 is 0. The quantitative estimate of drug-likeness (QED) is 0.821. The third-order valence-electron chi connectivity index (χ3n) is 4.98. The van der Waals surface area contributed by atoms with Gasteiger partial charge in [-0.25, -0.2) is 0 Å². The van der Waals surface area contributed by atoms with Crippen molar-refractivity contribution >= 4 is 5.91 Å². The Labute approximate surface area is 117 Å². The van der Waals surface area contributed by atoms with Crippen LogP contribution in [0.5, 0.6) is 0 Å². The van der Waals surface area contributed by atoms with E-state index in [0.29, 0.717) is 17.9 Å². The van der Waals surface area contributed by atoms with Gasteiger partial charge in [0, 0.05) is 19.0 Å². The highest BCUT2D eigenvalue weighted by Crippen LogP contribution is 2.39. The number of hydrogen-bond donors (Lipinski definition) is 2. The zero-order valence-electron chi connectivity index (χ0n) is 12.8. The molecule has 1 aliphatic carbocycles. The maximum Gasteiger partial charge on any atom is 0.220 e. The summed E-state index contributed by atoms with van der Waals surface area (Å²) in [6, 6.07) is 0.374. The molecule has 0 radical (unpaired) electrons. The van der Waals surface area contributed by atoms with Gasteiger partial charge in [0.1, 0.15) is 0 Å². The largest absolute Gasteiger partial charge is 0.352 e. The SMILES string of the molecule is CC(C)(C)C1CCC(CNCC2CCC(=O)N2)CC1. The van der Waals surface area contributed by atoms with Crippen LogP contribution in [0.3, 0.4) is 0 Å². The zero-order valence-corrected chi connectivity index (χ0v) is 12.8. The van der Waals surface area contributed by atoms with Crippen LogP contribution in [0, 0.1) is 17.3 Å². The van der Waals surface area contributed by atoms with Crippen LogP contribution in [-0.2, 0) is 4.79 Å². The highest BCUT2D eigenvalue weighted by atomic mass is 16.1. The van der Waals surface area contributed by atoms with E-state index in [1.54, 1.807) is 0 Å². The Morgan fingerprint density at radius 2 is 1.79 bits per heavy atom. The smallest absolute Gasteiger partial charge is 0.220 e. The molecule has 0 bridgehead atoms. The van der Waals surface area contributed by atoms with Crippen LogP contribution in [0.15, 0.2) is 0 Å². The molecule has 3 nitrogen and oxygen atoms in total. The Kier molecular flexibility index (Phi) is 4.88. The van der Waals surface area contributed by atoms with Gasteiger partial charge in [0.25, 0.3) is 0 Å². The van der Waals surface area contributed by atoms with Crippen LogP contribution in [0.4, 0.5) is 0 Å². The molecule has 0 aromatic rings. The van der Waals surface area contributed by atoms with Crippen LogP contribution in [0.1, 0.15) is 59.3 Å². The Morgan fingerprint density at radius 3 is 2.32 bits per heavy atom. The number of carbonyl (C=O) groups excluding carboxylic acids is 1. The maximum absolute atomic E-state index is 11.1. The summed E-state index contributed by atoms with van der Waals surface area (Å²) in [5.74, 6) is 1.96. The minimum absolute atomic E-state index is 0.220. The average Bonchev–Trinajstić information content (AvgIpc) is 2.75. The Morgan fingerprint density at radius 1 is 1.11 bits per heavy atom. The molecule has 1 unspecified atom stereocenters. The average molecular weight is 266 g/mol. The molecule has 1 aliphatic heterocycles. The van der Waals surface area contributed by atoms with E-state index in [1.807, 2.05) is 0 Å².